The van der Waals surface area contributed by atoms with E-state index in [2.05, 4.69) is 0 Å². The van der Waals surface area contributed by atoms with Crippen LogP contribution in [-0.4, -0.2) is 31.0 Å². The van der Waals surface area contributed by atoms with Gasteiger partial charge in [-0.25, -0.2) is 0 Å². The van der Waals surface area contributed by atoms with Crippen LogP contribution in [0.1, 0.15) is 11.7 Å². The number of non-ortho nitro benzene ring substituents is 1. The Bertz CT molecular complexity index is 434. The molecular formula is C11H13N2O4+. The van der Waals surface area contributed by atoms with Crippen LogP contribution in [0.2, 0.25) is 0 Å². The number of benzene rings is 1. The number of fused-ring (bicyclic) bond motifs is 1. The topological polar surface area (TPSA) is 66.0 Å². The minimum Gasteiger partial charge on any atom is -0.325 e. The molecule has 1 aromatic carbocycles. The summed E-state index contributed by atoms with van der Waals surface area (Å²) in [6, 6.07) is 6.89. The molecular weight excluding hydrogens is 224 g/mol. The van der Waals surface area contributed by atoms with Crippen molar-refractivity contribution in [2.45, 2.75) is 12.1 Å². The Labute approximate surface area is 97.9 Å². The molecule has 2 aliphatic heterocycles. The first-order valence-corrected chi connectivity index (χ1v) is 5.54. The summed E-state index contributed by atoms with van der Waals surface area (Å²) in [5, 5.41) is 10.6. The summed E-state index contributed by atoms with van der Waals surface area (Å²) >= 11 is 0. The molecule has 0 radical (unpaired) electrons. The fourth-order valence-corrected chi connectivity index (χ4v) is 2.42. The van der Waals surface area contributed by atoms with Crippen molar-refractivity contribution in [3.05, 3.63) is 39.9 Å². The molecule has 6 nitrogen and oxygen atoms in total. The number of hydrogen-bond donors (Lipinski definition) is 1. The van der Waals surface area contributed by atoms with Gasteiger partial charge < -0.3 is 9.47 Å². The molecule has 0 bridgehead atoms. The van der Waals surface area contributed by atoms with E-state index in [9.17, 15) is 10.1 Å². The van der Waals surface area contributed by atoms with Crippen molar-refractivity contribution in [1.82, 2.24) is 0 Å². The van der Waals surface area contributed by atoms with Crippen molar-refractivity contribution in [1.29, 1.82) is 0 Å². The molecule has 1 N–H and O–H groups in total. The minimum atomic E-state index is -0.393. The first-order valence-electron chi connectivity index (χ1n) is 5.54. The van der Waals surface area contributed by atoms with E-state index in [1.54, 1.807) is 12.1 Å². The van der Waals surface area contributed by atoms with Crippen molar-refractivity contribution in [2.24, 2.45) is 0 Å². The zero-order valence-electron chi connectivity index (χ0n) is 9.17. The molecule has 2 heterocycles. The first kappa shape index (κ1) is 10.6. The maximum absolute atomic E-state index is 10.6. The van der Waals surface area contributed by atoms with Crippen LogP contribution in [0.15, 0.2) is 24.3 Å². The lowest BCUT2D eigenvalue weighted by Gasteiger charge is -2.12. The number of rotatable bonds is 2. The average molecular weight is 237 g/mol. The highest BCUT2D eigenvalue weighted by atomic mass is 16.6. The van der Waals surface area contributed by atoms with Crippen LogP contribution in [0, 0.1) is 10.1 Å². The highest BCUT2D eigenvalue weighted by Crippen LogP contribution is 2.26. The van der Waals surface area contributed by atoms with Gasteiger partial charge in [0.15, 0.2) is 13.5 Å². The van der Waals surface area contributed by atoms with Crippen molar-refractivity contribution < 1.29 is 19.3 Å². The lowest BCUT2D eigenvalue weighted by Crippen LogP contribution is -3.12. The van der Waals surface area contributed by atoms with E-state index in [0.717, 1.165) is 5.56 Å². The van der Waals surface area contributed by atoms with E-state index >= 15 is 0 Å². The summed E-state index contributed by atoms with van der Waals surface area (Å²) in [5.74, 6) is 0. The Kier molecular flexibility index (Phi) is 2.54. The Morgan fingerprint density at radius 3 is 2.76 bits per heavy atom. The number of hydrogen-bond acceptors (Lipinski definition) is 4. The smallest absolute Gasteiger partial charge is 0.269 e. The third-order valence-corrected chi connectivity index (χ3v) is 3.36. The second-order valence-corrected chi connectivity index (χ2v) is 4.36. The van der Waals surface area contributed by atoms with Crippen molar-refractivity contribution >= 4 is 5.69 Å². The molecule has 1 unspecified atom stereocenters. The number of nitro benzene ring substituents is 1. The summed E-state index contributed by atoms with van der Waals surface area (Å²) in [6.07, 6.45) is -0.00620. The second-order valence-electron chi connectivity index (χ2n) is 4.36. The number of quaternary nitrogens is 1. The lowest BCUT2D eigenvalue weighted by atomic mass is 10.0. The summed E-state index contributed by atoms with van der Waals surface area (Å²) in [4.78, 5) is 11.5. The quantitative estimate of drug-likeness (QED) is 0.574. The van der Waals surface area contributed by atoms with Crippen LogP contribution in [0.25, 0.3) is 0 Å². The molecule has 2 aliphatic rings. The van der Waals surface area contributed by atoms with Gasteiger partial charge in [0.1, 0.15) is 18.8 Å². The molecule has 0 amide bonds. The van der Waals surface area contributed by atoms with Gasteiger partial charge in [-0.15, -0.1) is 0 Å². The summed E-state index contributed by atoms with van der Waals surface area (Å²) in [7, 11) is 0. The van der Waals surface area contributed by atoms with Crippen molar-refractivity contribution in [3.8, 4) is 0 Å². The summed E-state index contributed by atoms with van der Waals surface area (Å²) < 4.78 is 11.1. The normalized spacial score (nSPS) is 31.4. The molecule has 0 spiro atoms. The molecule has 1 aromatic rings. The summed E-state index contributed by atoms with van der Waals surface area (Å²) in [6.45, 7) is 2.03. The maximum atomic E-state index is 10.6. The Morgan fingerprint density at radius 1 is 1.29 bits per heavy atom. The Morgan fingerprint density at radius 2 is 2.06 bits per heavy atom. The van der Waals surface area contributed by atoms with Crippen LogP contribution in [0.4, 0.5) is 5.69 Å². The van der Waals surface area contributed by atoms with E-state index in [1.807, 2.05) is 0 Å². The van der Waals surface area contributed by atoms with Gasteiger partial charge in [0, 0.05) is 12.1 Å². The molecule has 6 heteroatoms. The van der Waals surface area contributed by atoms with Gasteiger partial charge in [-0.2, -0.15) is 0 Å². The Hall–Kier alpha value is -1.50. The van der Waals surface area contributed by atoms with Gasteiger partial charge in [-0.3, -0.25) is 15.0 Å². The van der Waals surface area contributed by atoms with Crippen LogP contribution in [0.3, 0.4) is 0 Å². The number of nitrogens with zero attached hydrogens (tertiary/aromatic N) is 1. The number of ether oxygens (including phenoxy) is 2. The highest BCUT2D eigenvalue weighted by Gasteiger charge is 2.44. The van der Waals surface area contributed by atoms with Gasteiger partial charge in [-0.05, 0) is 17.7 Å². The molecule has 0 aliphatic carbocycles. The van der Waals surface area contributed by atoms with E-state index in [4.69, 9.17) is 9.47 Å². The lowest BCUT2D eigenvalue weighted by molar-refractivity contribution is -0.916. The van der Waals surface area contributed by atoms with E-state index in [0.29, 0.717) is 26.1 Å². The van der Waals surface area contributed by atoms with Crippen molar-refractivity contribution in [3.63, 3.8) is 0 Å². The molecule has 0 saturated carbocycles. The van der Waals surface area contributed by atoms with Crippen LogP contribution < -0.4 is 4.90 Å². The minimum absolute atomic E-state index is 0.00620. The van der Waals surface area contributed by atoms with Crippen molar-refractivity contribution in [2.75, 3.05) is 20.1 Å². The largest absolute Gasteiger partial charge is 0.325 e. The predicted molar refractivity (Wildman–Crippen MR) is 57.4 cm³/mol. The van der Waals surface area contributed by atoms with E-state index < -0.39 is 4.92 Å². The number of nitro groups is 1. The zero-order valence-corrected chi connectivity index (χ0v) is 9.17. The van der Waals surface area contributed by atoms with Crippen LogP contribution in [0.5, 0.6) is 0 Å². The molecule has 17 heavy (non-hydrogen) atoms. The van der Waals surface area contributed by atoms with Crippen LogP contribution in [-0.2, 0) is 9.47 Å². The fourth-order valence-electron chi connectivity index (χ4n) is 2.42. The van der Waals surface area contributed by atoms with Gasteiger partial charge in [0.05, 0.1) is 4.92 Å². The predicted octanol–water partition coefficient (Wildman–Crippen LogP) is -0.135. The molecule has 3 rings (SSSR count). The number of nitrogens with one attached hydrogen (secondary N) is 1. The van der Waals surface area contributed by atoms with Gasteiger partial charge in [-0.1, -0.05) is 0 Å². The van der Waals surface area contributed by atoms with E-state index in [-0.39, 0.29) is 11.8 Å². The fraction of sp³-hybridized carbons (Fsp3) is 0.455. The Balaban J connectivity index is 1.82. The average Bonchev–Trinajstić information content (AvgIpc) is 2.90. The third-order valence-electron chi connectivity index (χ3n) is 3.36. The monoisotopic (exact) mass is 237 g/mol. The van der Waals surface area contributed by atoms with Crippen LogP contribution >= 0.6 is 0 Å². The molecule has 2 fully saturated rings. The standard InChI is InChI=1S/C11H12N2O4/c14-13(15)9-3-1-8(2-4-9)11-10-5-16-6-12(10)7-17-11/h1-4,10-11H,5-7H2/p+1/t10-,11-/m1/s1. The van der Waals surface area contributed by atoms with Gasteiger partial charge in [0.25, 0.3) is 5.69 Å². The molecule has 2 saturated heterocycles. The maximum Gasteiger partial charge on any atom is 0.269 e. The third kappa shape index (κ3) is 1.80. The summed E-state index contributed by atoms with van der Waals surface area (Å²) in [5.41, 5.74) is 1.10. The molecule has 90 valence electrons. The SMILES string of the molecule is O=[N+]([O-])c1ccc([C@H]2OC[NH+]3COC[C@H]23)cc1. The van der Waals surface area contributed by atoms with E-state index in [1.165, 1.54) is 17.0 Å². The zero-order chi connectivity index (χ0) is 11.8. The molecule has 3 atom stereocenters. The van der Waals surface area contributed by atoms with Gasteiger partial charge in [0.2, 0.25) is 0 Å². The van der Waals surface area contributed by atoms with Gasteiger partial charge >= 0.3 is 0 Å². The highest BCUT2D eigenvalue weighted by molar-refractivity contribution is 5.34. The molecule has 0 aromatic heterocycles. The second kappa shape index (κ2) is 4.06. The first-order chi connectivity index (χ1) is 8.25.